The van der Waals surface area contributed by atoms with Gasteiger partial charge in [0.05, 0.1) is 0 Å². The summed E-state index contributed by atoms with van der Waals surface area (Å²) in [5, 5.41) is 4.11. The zero-order valence-corrected chi connectivity index (χ0v) is 17.1. The second-order valence-electron chi connectivity index (χ2n) is 7.56. The van der Waals surface area contributed by atoms with E-state index in [1.807, 2.05) is 72.5 Å². The third-order valence-corrected chi connectivity index (χ3v) is 5.60. The molecular weight excluding hydrogens is 376 g/mol. The molecule has 1 fully saturated rings. The van der Waals surface area contributed by atoms with Gasteiger partial charge >= 0.3 is 0 Å². The number of nitrogens with one attached hydrogen (secondary N) is 1. The number of furan rings is 1. The average molecular weight is 402 g/mol. The van der Waals surface area contributed by atoms with Crippen molar-refractivity contribution >= 4 is 28.9 Å². The summed E-state index contributed by atoms with van der Waals surface area (Å²) in [4.78, 5) is 26.9. The van der Waals surface area contributed by atoms with E-state index < -0.39 is 0 Å². The predicted octanol–water partition coefficient (Wildman–Crippen LogP) is 4.43. The predicted molar refractivity (Wildman–Crippen MR) is 118 cm³/mol. The van der Waals surface area contributed by atoms with Crippen LogP contribution in [0.4, 0.5) is 0 Å². The standard InChI is InChI=1S/C25H26N2O3/c1-2-22-21(20-10-6-7-11-23(20)30-22)12-13-24(28)27-16-14-19(15-17-27)26-25(29)18-8-4-3-5-9-18/h3-13,19H,2,14-17H2,1H3,(H,26,29)/b13-12+. The summed E-state index contributed by atoms with van der Waals surface area (Å²) in [7, 11) is 0. The summed E-state index contributed by atoms with van der Waals surface area (Å²) in [6.45, 7) is 3.32. The number of piperidine rings is 1. The first-order valence-corrected chi connectivity index (χ1v) is 10.5. The Hall–Kier alpha value is -3.34. The summed E-state index contributed by atoms with van der Waals surface area (Å²) >= 11 is 0. The molecule has 2 amide bonds. The van der Waals surface area contributed by atoms with Crippen LogP contribution in [0.15, 0.2) is 65.1 Å². The van der Waals surface area contributed by atoms with E-state index in [0.717, 1.165) is 41.6 Å². The third kappa shape index (κ3) is 4.30. The zero-order valence-electron chi connectivity index (χ0n) is 17.1. The Kier molecular flexibility index (Phi) is 5.98. The quantitative estimate of drug-likeness (QED) is 0.642. The normalized spacial score (nSPS) is 15.0. The molecule has 0 aliphatic carbocycles. The van der Waals surface area contributed by atoms with E-state index in [9.17, 15) is 9.59 Å². The van der Waals surface area contributed by atoms with Crippen molar-refractivity contribution in [3.8, 4) is 0 Å². The molecule has 5 nitrogen and oxygen atoms in total. The molecule has 30 heavy (non-hydrogen) atoms. The lowest BCUT2D eigenvalue weighted by Crippen LogP contribution is -2.46. The Balaban J connectivity index is 1.35. The van der Waals surface area contributed by atoms with Crippen molar-refractivity contribution < 1.29 is 14.0 Å². The molecule has 5 heteroatoms. The van der Waals surface area contributed by atoms with E-state index >= 15 is 0 Å². The number of hydrogen-bond donors (Lipinski definition) is 1. The molecule has 2 aromatic carbocycles. The molecule has 1 aromatic heterocycles. The number of carbonyl (C=O) groups excluding carboxylic acids is 2. The van der Waals surface area contributed by atoms with E-state index in [1.165, 1.54) is 0 Å². The summed E-state index contributed by atoms with van der Waals surface area (Å²) in [6, 6.07) is 17.2. The number of fused-ring (bicyclic) bond motifs is 1. The van der Waals surface area contributed by atoms with Crippen molar-refractivity contribution in [2.45, 2.75) is 32.2 Å². The number of amides is 2. The number of nitrogens with zero attached hydrogens (tertiary/aromatic N) is 1. The monoisotopic (exact) mass is 402 g/mol. The highest BCUT2D eigenvalue weighted by atomic mass is 16.3. The first-order valence-electron chi connectivity index (χ1n) is 10.5. The van der Waals surface area contributed by atoms with E-state index in [0.29, 0.717) is 18.7 Å². The Bertz CT molecular complexity index is 1060. The lowest BCUT2D eigenvalue weighted by Gasteiger charge is -2.31. The first-order chi connectivity index (χ1) is 14.7. The molecule has 0 unspecified atom stereocenters. The number of rotatable bonds is 5. The van der Waals surface area contributed by atoms with Crippen LogP contribution in [0.25, 0.3) is 17.0 Å². The van der Waals surface area contributed by atoms with Gasteiger partial charge in [0.25, 0.3) is 5.91 Å². The van der Waals surface area contributed by atoms with Gasteiger partial charge in [0.1, 0.15) is 11.3 Å². The van der Waals surface area contributed by atoms with Crippen LogP contribution >= 0.6 is 0 Å². The van der Waals surface area contributed by atoms with Gasteiger partial charge in [0.2, 0.25) is 5.91 Å². The maximum Gasteiger partial charge on any atom is 0.251 e. The van der Waals surface area contributed by atoms with Gasteiger partial charge in [0.15, 0.2) is 0 Å². The van der Waals surface area contributed by atoms with Crippen molar-refractivity contribution in [3.63, 3.8) is 0 Å². The van der Waals surface area contributed by atoms with Crippen molar-refractivity contribution in [3.05, 3.63) is 77.6 Å². The van der Waals surface area contributed by atoms with Crippen LogP contribution in [0.1, 0.15) is 41.4 Å². The van der Waals surface area contributed by atoms with E-state index in [1.54, 1.807) is 6.08 Å². The molecule has 1 aliphatic rings. The number of likely N-dealkylation sites (tertiary alicyclic amines) is 1. The van der Waals surface area contributed by atoms with Crippen LogP contribution < -0.4 is 5.32 Å². The van der Waals surface area contributed by atoms with Gasteiger partial charge in [-0.25, -0.2) is 0 Å². The Labute approximate surface area is 176 Å². The molecule has 0 bridgehead atoms. The summed E-state index contributed by atoms with van der Waals surface area (Å²) < 4.78 is 5.90. The smallest absolute Gasteiger partial charge is 0.251 e. The molecule has 0 radical (unpaired) electrons. The number of hydrogen-bond acceptors (Lipinski definition) is 3. The van der Waals surface area contributed by atoms with Crippen LogP contribution in [0.2, 0.25) is 0 Å². The van der Waals surface area contributed by atoms with E-state index in [4.69, 9.17) is 4.42 Å². The van der Waals surface area contributed by atoms with E-state index in [-0.39, 0.29) is 17.9 Å². The first kappa shape index (κ1) is 20.0. The van der Waals surface area contributed by atoms with Gasteiger partial charge in [-0.05, 0) is 37.1 Å². The van der Waals surface area contributed by atoms with Gasteiger partial charge in [-0.2, -0.15) is 0 Å². The molecule has 2 heterocycles. The lowest BCUT2D eigenvalue weighted by molar-refractivity contribution is -0.126. The number of carbonyl (C=O) groups is 2. The topological polar surface area (TPSA) is 62.6 Å². The van der Waals surface area contributed by atoms with Gasteiger partial charge in [-0.1, -0.05) is 43.3 Å². The average Bonchev–Trinajstić information content (AvgIpc) is 3.16. The minimum Gasteiger partial charge on any atom is -0.460 e. The Morgan fingerprint density at radius 3 is 2.50 bits per heavy atom. The van der Waals surface area contributed by atoms with Crippen molar-refractivity contribution in [1.29, 1.82) is 0 Å². The SMILES string of the molecule is CCc1oc2ccccc2c1/C=C/C(=O)N1CCC(NC(=O)c2ccccc2)CC1. The molecule has 3 aromatic rings. The zero-order chi connectivity index (χ0) is 20.9. The fourth-order valence-electron chi connectivity index (χ4n) is 3.92. The van der Waals surface area contributed by atoms with Crippen LogP contribution in [0, 0.1) is 0 Å². The highest BCUT2D eigenvalue weighted by molar-refractivity contribution is 5.96. The molecule has 1 aliphatic heterocycles. The second-order valence-corrected chi connectivity index (χ2v) is 7.56. The second kappa shape index (κ2) is 8.99. The fourth-order valence-corrected chi connectivity index (χ4v) is 3.92. The maximum absolute atomic E-state index is 12.7. The minimum absolute atomic E-state index is 0.00447. The van der Waals surface area contributed by atoms with Gasteiger partial charge in [-0.3, -0.25) is 9.59 Å². The maximum atomic E-state index is 12.7. The Morgan fingerprint density at radius 1 is 1.07 bits per heavy atom. The molecule has 0 spiro atoms. The van der Waals surface area contributed by atoms with Crippen molar-refractivity contribution in [2.75, 3.05) is 13.1 Å². The molecule has 0 saturated carbocycles. The highest BCUT2D eigenvalue weighted by Gasteiger charge is 2.23. The molecular formula is C25H26N2O3. The molecule has 154 valence electrons. The summed E-state index contributed by atoms with van der Waals surface area (Å²) in [5.74, 6) is 0.831. The van der Waals surface area contributed by atoms with E-state index in [2.05, 4.69) is 5.32 Å². The van der Waals surface area contributed by atoms with Gasteiger partial charge < -0.3 is 14.6 Å². The molecule has 1 N–H and O–H groups in total. The van der Waals surface area contributed by atoms with Crippen LogP contribution in [0.3, 0.4) is 0 Å². The molecule has 4 rings (SSSR count). The van der Waals surface area contributed by atoms with Crippen LogP contribution in [0.5, 0.6) is 0 Å². The fraction of sp³-hybridized carbons (Fsp3) is 0.280. The van der Waals surface area contributed by atoms with Crippen molar-refractivity contribution in [2.24, 2.45) is 0 Å². The van der Waals surface area contributed by atoms with Crippen LogP contribution in [-0.4, -0.2) is 35.8 Å². The lowest BCUT2D eigenvalue weighted by atomic mass is 10.0. The van der Waals surface area contributed by atoms with Crippen LogP contribution in [-0.2, 0) is 11.2 Å². The number of para-hydroxylation sites is 1. The molecule has 0 atom stereocenters. The van der Waals surface area contributed by atoms with Crippen molar-refractivity contribution in [1.82, 2.24) is 10.2 Å². The number of benzene rings is 2. The number of aryl methyl sites for hydroxylation is 1. The summed E-state index contributed by atoms with van der Waals surface area (Å²) in [5.41, 5.74) is 2.49. The Morgan fingerprint density at radius 2 is 1.77 bits per heavy atom. The molecule has 1 saturated heterocycles. The minimum atomic E-state index is -0.0563. The van der Waals surface area contributed by atoms with Gasteiger partial charge in [0, 0.05) is 48.1 Å². The third-order valence-electron chi connectivity index (χ3n) is 5.60. The van der Waals surface area contributed by atoms with Gasteiger partial charge in [-0.15, -0.1) is 0 Å². The highest BCUT2D eigenvalue weighted by Crippen LogP contribution is 2.27. The summed E-state index contributed by atoms with van der Waals surface area (Å²) in [6.07, 6.45) is 5.80. The largest absolute Gasteiger partial charge is 0.460 e.